The Morgan fingerprint density at radius 3 is 3.03 bits per heavy atom. The Kier molecular flexibility index (Phi) is 4.89. The smallest absolute Gasteiger partial charge is 0.202 e. The maximum atomic E-state index is 5.47. The number of nitrogens with zero attached hydrogens (tertiary/aromatic N) is 6. The molecule has 166 valence electrons. The van der Waals surface area contributed by atoms with E-state index in [1.54, 1.807) is 11.8 Å². The molecule has 2 atom stereocenters. The zero-order valence-electron chi connectivity index (χ0n) is 18.5. The van der Waals surface area contributed by atoms with Gasteiger partial charge in [0.25, 0.3) is 0 Å². The van der Waals surface area contributed by atoms with Gasteiger partial charge >= 0.3 is 0 Å². The molecular weight excluding hydrogens is 440 g/mol. The Labute approximate surface area is 195 Å². The number of aromatic nitrogens is 5. The first-order valence-corrected chi connectivity index (χ1v) is 12.9. The third-order valence-corrected chi connectivity index (χ3v) is 8.96. The lowest BCUT2D eigenvalue weighted by molar-refractivity contribution is 0.299. The number of thioether (sulfide) groups is 1. The van der Waals surface area contributed by atoms with Gasteiger partial charge in [0.2, 0.25) is 5.82 Å². The van der Waals surface area contributed by atoms with Gasteiger partial charge in [-0.15, -0.1) is 21.5 Å². The predicted octanol–water partition coefficient (Wildman–Crippen LogP) is 4.45. The van der Waals surface area contributed by atoms with E-state index in [0.29, 0.717) is 11.2 Å². The maximum absolute atomic E-state index is 5.47. The number of aryl methyl sites for hydroxylation is 2. The van der Waals surface area contributed by atoms with Gasteiger partial charge in [-0.2, -0.15) is 0 Å². The lowest BCUT2D eigenvalue weighted by atomic mass is 9.95. The Morgan fingerprint density at radius 1 is 1.28 bits per heavy atom. The van der Waals surface area contributed by atoms with Gasteiger partial charge < -0.3 is 13.9 Å². The Balaban J connectivity index is 1.04. The summed E-state index contributed by atoms with van der Waals surface area (Å²) in [6.07, 6.45) is 3.93. The van der Waals surface area contributed by atoms with E-state index in [0.717, 1.165) is 51.8 Å². The van der Waals surface area contributed by atoms with Crippen LogP contribution in [0.3, 0.4) is 0 Å². The molecule has 32 heavy (non-hydrogen) atoms. The molecule has 2 aliphatic rings. The zero-order chi connectivity index (χ0) is 21.9. The molecule has 0 radical (unpaired) electrons. The zero-order valence-corrected chi connectivity index (χ0v) is 20.2. The number of oxazole rings is 1. The molecule has 1 saturated heterocycles. The standard InChI is InChI=1S/C23H26N6OS2/c1-14-20(30-13-24-14)21-26-27-22(28(21)3)31-8-4-7-29-11-17-10-23(17,12-29)16-5-6-18-19(9-16)32-15(2)25-18/h5-6,9,13,17H,4,7-8,10-12H2,1-3H3. The van der Waals surface area contributed by atoms with E-state index in [2.05, 4.69) is 50.2 Å². The second-order valence-electron chi connectivity index (χ2n) is 9.04. The minimum Gasteiger partial charge on any atom is -0.440 e. The van der Waals surface area contributed by atoms with Gasteiger partial charge in [-0.05, 0) is 56.8 Å². The van der Waals surface area contributed by atoms with Crippen molar-refractivity contribution in [3.05, 3.63) is 40.9 Å². The number of benzene rings is 1. The van der Waals surface area contributed by atoms with Crippen LogP contribution in [0.25, 0.3) is 21.8 Å². The molecule has 2 unspecified atom stereocenters. The summed E-state index contributed by atoms with van der Waals surface area (Å²) in [5, 5.41) is 10.7. The van der Waals surface area contributed by atoms with Crippen molar-refractivity contribution in [2.45, 2.75) is 37.3 Å². The van der Waals surface area contributed by atoms with Crippen LogP contribution >= 0.6 is 23.1 Å². The lowest BCUT2D eigenvalue weighted by Crippen LogP contribution is -2.27. The number of hydrogen-bond acceptors (Lipinski definition) is 8. The highest BCUT2D eigenvalue weighted by Crippen LogP contribution is 2.59. The number of thiazole rings is 1. The van der Waals surface area contributed by atoms with Gasteiger partial charge in [-0.1, -0.05) is 17.8 Å². The first-order valence-electron chi connectivity index (χ1n) is 11.1. The third-order valence-electron chi connectivity index (χ3n) is 6.92. The molecule has 1 saturated carbocycles. The van der Waals surface area contributed by atoms with Gasteiger partial charge in [0.05, 0.1) is 20.9 Å². The second kappa shape index (κ2) is 7.67. The van der Waals surface area contributed by atoms with E-state index in [4.69, 9.17) is 4.42 Å². The van der Waals surface area contributed by atoms with Gasteiger partial charge in [-0.25, -0.2) is 9.97 Å². The highest BCUT2D eigenvalue weighted by Gasteiger charge is 2.60. The molecule has 1 aromatic carbocycles. The van der Waals surface area contributed by atoms with Crippen LogP contribution in [0.15, 0.2) is 34.2 Å². The van der Waals surface area contributed by atoms with Crippen LogP contribution in [0.1, 0.15) is 29.1 Å². The van der Waals surface area contributed by atoms with E-state index in [9.17, 15) is 0 Å². The van der Waals surface area contributed by atoms with E-state index in [1.807, 2.05) is 29.9 Å². The molecule has 0 bridgehead atoms. The fourth-order valence-electron chi connectivity index (χ4n) is 5.16. The molecule has 1 aliphatic carbocycles. The van der Waals surface area contributed by atoms with E-state index in [1.165, 1.54) is 36.2 Å². The number of fused-ring (bicyclic) bond motifs is 2. The average molecular weight is 467 g/mol. The van der Waals surface area contributed by atoms with Crippen LogP contribution in [0.2, 0.25) is 0 Å². The fourth-order valence-corrected chi connectivity index (χ4v) is 6.86. The van der Waals surface area contributed by atoms with Crippen molar-refractivity contribution in [3.8, 4) is 11.6 Å². The molecule has 2 fully saturated rings. The first-order chi connectivity index (χ1) is 15.5. The van der Waals surface area contributed by atoms with Crippen molar-refractivity contribution in [1.82, 2.24) is 29.6 Å². The van der Waals surface area contributed by atoms with Crippen LogP contribution in [0, 0.1) is 19.8 Å². The van der Waals surface area contributed by atoms with Gasteiger partial charge in [0.15, 0.2) is 17.3 Å². The normalized spacial score (nSPS) is 22.7. The summed E-state index contributed by atoms with van der Waals surface area (Å²) in [7, 11) is 1.98. The van der Waals surface area contributed by atoms with Gasteiger partial charge in [-0.3, -0.25) is 0 Å². The van der Waals surface area contributed by atoms with Crippen molar-refractivity contribution in [2.24, 2.45) is 13.0 Å². The molecule has 6 rings (SSSR count). The van der Waals surface area contributed by atoms with E-state index >= 15 is 0 Å². The molecule has 4 aromatic rings. The quantitative estimate of drug-likeness (QED) is 0.294. The van der Waals surface area contributed by atoms with Crippen LogP contribution in [-0.2, 0) is 12.5 Å². The van der Waals surface area contributed by atoms with Crippen molar-refractivity contribution in [1.29, 1.82) is 0 Å². The molecule has 1 aliphatic heterocycles. The van der Waals surface area contributed by atoms with Gasteiger partial charge in [0, 0.05) is 31.3 Å². The number of hydrogen-bond donors (Lipinski definition) is 0. The molecule has 3 aromatic heterocycles. The number of likely N-dealkylation sites (tertiary alicyclic amines) is 1. The highest BCUT2D eigenvalue weighted by atomic mass is 32.2. The topological polar surface area (TPSA) is 72.9 Å². The van der Waals surface area contributed by atoms with Gasteiger partial charge in [0.1, 0.15) is 0 Å². The maximum Gasteiger partial charge on any atom is 0.202 e. The molecule has 7 nitrogen and oxygen atoms in total. The SMILES string of the molecule is Cc1nc2ccc(C34CC3CN(CCCSc3nnc(-c5ocnc5C)n3C)C4)cc2s1. The monoisotopic (exact) mass is 466 g/mol. The summed E-state index contributed by atoms with van der Waals surface area (Å²) < 4.78 is 8.80. The third kappa shape index (κ3) is 3.38. The minimum atomic E-state index is 0.382. The molecule has 9 heteroatoms. The second-order valence-corrected chi connectivity index (χ2v) is 11.3. The molecule has 4 heterocycles. The summed E-state index contributed by atoms with van der Waals surface area (Å²) in [5.74, 6) is 3.27. The molecule has 0 N–H and O–H groups in total. The number of rotatable bonds is 7. The minimum absolute atomic E-state index is 0.382. The van der Waals surface area contributed by atoms with Crippen molar-refractivity contribution >= 4 is 33.3 Å². The lowest BCUT2D eigenvalue weighted by Gasteiger charge is -2.21. The Morgan fingerprint density at radius 2 is 2.19 bits per heavy atom. The van der Waals surface area contributed by atoms with Crippen LogP contribution < -0.4 is 0 Å². The Hall–Kier alpha value is -2.23. The number of piperidine rings is 1. The first kappa shape index (κ1) is 20.4. The predicted molar refractivity (Wildman–Crippen MR) is 127 cm³/mol. The highest BCUT2D eigenvalue weighted by molar-refractivity contribution is 7.99. The van der Waals surface area contributed by atoms with Crippen LogP contribution in [0.5, 0.6) is 0 Å². The average Bonchev–Trinajstić information content (AvgIpc) is 3.20. The van der Waals surface area contributed by atoms with Crippen molar-refractivity contribution < 1.29 is 4.42 Å². The Bertz CT molecular complexity index is 1290. The summed E-state index contributed by atoms with van der Waals surface area (Å²) >= 11 is 3.57. The van der Waals surface area contributed by atoms with Crippen LogP contribution in [0.4, 0.5) is 0 Å². The summed E-state index contributed by atoms with van der Waals surface area (Å²) in [6, 6.07) is 6.94. The van der Waals surface area contributed by atoms with E-state index < -0.39 is 0 Å². The molecule has 0 amide bonds. The van der Waals surface area contributed by atoms with Crippen molar-refractivity contribution in [2.75, 3.05) is 25.4 Å². The molecular formula is C23H26N6OS2. The largest absolute Gasteiger partial charge is 0.440 e. The fraction of sp³-hybridized carbons (Fsp3) is 0.478. The van der Waals surface area contributed by atoms with Crippen LogP contribution in [-0.4, -0.2) is 55.0 Å². The molecule has 0 spiro atoms. The summed E-state index contributed by atoms with van der Waals surface area (Å²) in [5.41, 5.74) is 3.88. The van der Waals surface area contributed by atoms with E-state index in [-0.39, 0.29) is 0 Å². The summed E-state index contributed by atoms with van der Waals surface area (Å²) in [6.45, 7) is 7.56. The van der Waals surface area contributed by atoms with Crippen molar-refractivity contribution in [3.63, 3.8) is 0 Å². The summed E-state index contributed by atoms with van der Waals surface area (Å²) in [4.78, 5) is 11.4.